The van der Waals surface area contributed by atoms with E-state index in [1.165, 1.54) is 0 Å². The minimum atomic E-state index is 0.599. The minimum Gasteiger partial charge on any atom is -0.383 e. The van der Waals surface area contributed by atoms with Gasteiger partial charge in [0.25, 0.3) is 0 Å². The second-order valence-electron chi connectivity index (χ2n) is 3.93. The highest BCUT2D eigenvalue weighted by atomic mass is 35.5. The number of benzene rings is 1. The molecule has 0 aliphatic heterocycles. The van der Waals surface area contributed by atoms with Crippen molar-refractivity contribution in [1.82, 2.24) is 9.78 Å². The van der Waals surface area contributed by atoms with Gasteiger partial charge in [-0.1, -0.05) is 11.6 Å². The summed E-state index contributed by atoms with van der Waals surface area (Å²) in [5.41, 5.74) is 2.54. The van der Waals surface area contributed by atoms with E-state index in [1.54, 1.807) is 24.4 Å². The number of hydrogen-bond acceptors (Lipinski definition) is 3. The largest absolute Gasteiger partial charge is 0.383 e. The van der Waals surface area contributed by atoms with Crippen molar-refractivity contribution in [2.24, 2.45) is 7.05 Å². The van der Waals surface area contributed by atoms with E-state index in [1.807, 2.05) is 17.8 Å². The molecule has 1 N–H and O–H groups in total. The first-order valence-electron chi connectivity index (χ1n) is 5.61. The van der Waals surface area contributed by atoms with Gasteiger partial charge in [-0.2, -0.15) is 10.4 Å². The van der Waals surface area contributed by atoms with Crippen LogP contribution < -0.4 is 5.32 Å². The summed E-state index contributed by atoms with van der Waals surface area (Å²) in [6.07, 6.45) is 2.63. The molecule has 0 atom stereocenters. The van der Waals surface area contributed by atoms with Gasteiger partial charge in [0, 0.05) is 31.9 Å². The Hall–Kier alpha value is -1.99. The molecule has 0 saturated carbocycles. The molecule has 92 valence electrons. The number of aryl methyl sites for hydroxylation is 1. The smallest absolute Gasteiger partial charge is 0.0992 e. The monoisotopic (exact) mass is 260 g/mol. The first-order valence-corrected chi connectivity index (χ1v) is 5.99. The molecule has 2 rings (SSSR count). The van der Waals surface area contributed by atoms with Gasteiger partial charge in [-0.25, -0.2) is 0 Å². The number of nitrogens with zero attached hydrogens (tertiary/aromatic N) is 3. The lowest BCUT2D eigenvalue weighted by atomic mass is 10.2. The van der Waals surface area contributed by atoms with Crippen LogP contribution >= 0.6 is 11.6 Å². The van der Waals surface area contributed by atoms with Crippen LogP contribution in [0.1, 0.15) is 11.3 Å². The molecule has 1 heterocycles. The fraction of sp³-hybridized carbons (Fsp3) is 0.231. The molecule has 2 aromatic rings. The van der Waals surface area contributed by atoms with Crippen LogP contribution in [0.25, 0.3) is 0 Å². The Morgan fingerprint density at radius 1 is 1.44 bits per heavy atom. The summed E-state index contributed by atoms with van der Waals surface area (Å²) in [5.74, 6) is 0. The van der Waals surface area contributed by atoms with Gasteiger partial charge in [0.1, 0.15) is 0 Å². The van der Waals surface area contributed by atoms with E-state index >= 15 is 0 Å². The Morgan fingerprint density at radius 2 is 2.28 bits per heavy atom. The van der Waals surface area contributed by atoms with E-state index in [0.29, 0.717) is 10.6 Å². The van der Waals surface area contributed by atoms with Crippen LogP contribution in [0.2, 0.25) is 5.02 Å². The van der Waals surface area contributed by atoms with Crippen molar-refractivity contribution in [2.45, 2.75) is 6.42 Å². The number of anilines is 1. The van der Waals surface area contributed by atoms with Crippen molar-refractivity contribution in [1.29, 1.82) is 5.26 Å². The lowest BCUT2D eigenvalue weighted by Gasteiger charge is -2.08. The van der Waals surface area contributed by atoms with Gasteiger partial charge in [0.2, 0.25) is 0 Å². The molecule has 0 amide bonds. The topological polar surface area (TPSA) is 53.6 Å². The number of nitrogens with one attached hydrogen (secondary N) is 1. The molecule has 0 aliphatic carbocycles. The predicted molar refractivity (Wildman–Crippen MR) is 71.6 cm³/mol. The van der Waals surface area contributed by atoms with Crippen LogP contribution in [-0.4, -0.2) is 16.3 Å². The summed E-state index contributed by atoms with van der Waals surface area (Å²) < 4.78 is 1.84. The molecule has 0 bridgehead atoms. The maximum Gasteiger partial charge on any atom is 0.0992 e. The molecule has 0 unspecified atom stereocenters. The molecule has 1 aromatic heterocycles. The van der Waals surface area contributed by atoms with Crippen molar-refractivity contribution in [3.8, 4) is 6.07 Å². The molecule has 5 heteroatoms. The number of halogens is 1. The van der Waals surface area contributed by atoms with Crippen LogP contribution in [0, 0.1) is 11.3 Å². The van der Waals surface area contributed by atoms with Crippen molar-refractivity contribution < 1.29 is 0 Å². The highest BCUT2D eigenvalue weighted by Gasteiger charge is 2.02. The molecule has 0 aliphatic rings. The summed E-state index contributed by atoms with van der Waals surface area (Å²) in [7, 11) is 1.92. The highest BCUT2D eigenvalue weighted by Crippen LogP contribution is 2.22. The van der Waals surface area contributed by atoms with Crippen LogP contribution in [0.4, 0.5) is 5.69 Å². The Labute approximate surface area is 111 Å². The predicted octanol–water partition coefficient (Wildman–Crippen LogP) is 2.60. The second-order valence-corrected chi connectivity index (χ2v) is 4.34. The SMILES string of the molecule is Cn1nccc1CCNc1cc(C#N)ccc1Cl. The third kappa shape index (κ3) is 2.82. The van der Waals surface area contributed by atoms with E-state index in [9.17, 15) is 0 Å². The Bertz CT molecular complexity index is 583. The fourth-order valence-electron chi connectivity index (χ4n) is 1.70. The van der Waals surface area contributed by atoms with Gasteiger partial charge in [-0.3, -0.25) is 4.68 Å². The Kier molecular flexibility index (Phi) is 3.85. The van der Waals surface area contributed by atoms with Gasteiger partial charge in [0.15, 0.2) is 0 Å². The number of hydrogen-bond donors (Lipinski definition) is 1. The summed E-state index contributed by atoms with van der Waals surface area (Å²) in [6.45, 7) is 0.744. The van der Waals surface area contributed by atoms with Crippen LogP contribution in [0.15, 0.2) is 30.5 Å². The van der Waals surface area contributed by atoms with Crippen LogP contribution in [0.5, 0.6) is 0 Å². The van der Waals surface area contributed by atoms with Gasteiger partial charge >= 0.3 is 0 Å². The van der Waals surface area contributed by atoms with Gasteiger partial charge in [0.05, 0.1) is 22.3 Å². The third-order valence-electron chi connectivity index (χ3n) is 2.71. The summed E-state index contributed by atoms with van der Waals surface area (Å²) in [6, 6.07) is 9.26. The zero-order chi connectivity index (χ0) is 13.0. The van der Waals surface area contributed by atoms with Gasteiger partial charge in [-0.05, 0) is 24.3 Å². The quantitative estimate of drug-likeness (QED) is 0.919. The molecule has 18 heavy (non-hydrogen) atoms. The standard InChI is InChI=1S/C13H13ClN4/c1-18-11(5-7-17-18)4-6-16-13-8-10(9-15)2-3-12(13)14/h2-3,5,7-8,16H,4,6H2,1H3. The number of rotatable bonds is 4. The number of aromatic nitrogens is 2. The third-order valence-corrected chi connectivity index (χ3v) is 3.04. The summed E-state index contributed by atoms with van der Waals surface area (Å²) in [4.78, 5) is 0. The van der Waals surface area contributed by atoms with E-state index in [0.717, 1.165) is 24.3 Å². The van der Waals surface area contributed by atoms with Crippen molar-refractivity contribution in [2.75, 3.05) is 11.9 Å². The van der Waals surface area contributed by atoms with Crippen molar-refractivity contribution >= 4 is 17.3 Å². The molecule has 0 fully saturated rings. The molecule has 0 spiro atoms. The van der Waals surface area contributed by atoms with E-state index in [-0.39, 0.29) is 0 Å². The first-order chi connectivity index (χ1) is 8.70. The molecule has 0 radical (unpaired) electrons. The zero-order valence-electron chi connectivity index (χ0n) is 10.0. The summed E-state index contributed by atoms with van der Waals surface area (Å²) in [5, 5.41) is 16.8. The van der Waals surface area contributed by atoms with Crippen molar-refractivity contribution in [3.05, 3.63) is 46.7 Å². The fourth-order valence-corrected chi connectivity index (χ4v) is 1.89. The Morgan fingerprint density at radius 3 is 2.94 bits per heavy atom. The Balaban J connectivity index is 1.98. The van der Waals surface area contributed by atoms with Crippen LogP contribution in [-0.2, 0) is 13.5 Å². The van der Waals surface area contributed by atoms with Crippen molar-refractivity contribution in [3.63, 3.8) is 0 Å². The molecule has 1 aromatic carbocycles. The minimum absolute atomic E-state index is 0.599. The number of nitriles is 1. The second kappa shape index (κ2) is 5.56. The average Bonchev–Trinajstić information content (AvgIpc) is 2.77. The molecule has 4 nitrogen and oxygen atoms in total. The average molecular weight is 261 g/mol. The van der Waals surface area contributed by atoms with Gasteiger partial charge in [-0.15, -0.1) is 0 Å². The van der Waals surface area contributed by atoms with Crippen LogP contribution in [0.3, 0.4) is 0 Å². The normalized spacial score (nSPS) is 10.1. The lowest BCUT2D eigenvalue weighted by molar-refractivity contribution is 0.711. The van der Waals surface area contributed by atoms with E-state index in [2.05, 4.69) is 16.5 Å². The maximum absolute atomic E-state index is 8.83. The highest BCUT2D eigenvalue weighted by molar-refractivity contribution is 6.33. The first kappa shape index (κ1) is 12.5. The lowest BCUT2D eigenvalue weighted by Crippen LogP contribution is -2.08. The molecular weight excluding hydrogens is 248 g/mol. The molecule has 0 saturated heterocycles. The maximum atomic E-state index is 8.83. The molecular formula is C13H13ClN4. The zero-order valence-corrected chi connectivity index (χ0v) is 10.8. The van der Waals surface area contributed by atoms with E-state index in [4.69, 9.17) is 16.9 Å². The van der Waals surface area contributed by atoms with E-state index < -0.39 is 0 Å². The van der Waals surface area contributed by atoms with Gasteiger partial charge < -0.3 is 5.32 Å². The summed E-state index contributed by atoms with van der Waals surface area (Å²) >= 11 is 6.06.